The Morgan fingerprint density at radius 2 is 2.00 bits per heavy atom. The highest BCUT2D eigenvalue weighted by Crippen LogP contribution is 2.37. The summed E-state index contributed by atoms with van der Waals surface area (Å²) in [5.41, 5.74) is 0.444. The summed E-state index contributed by atoms with van der Waals surface area (Å²) in [5, 5.41) is 9.19. The molecule has 2 heterocycles. The Morgan fingerprint density at radius 1 is 1.28 bits per heavy atom. The zero-order chi connectivity index (χ0) is 18.0. The first-order valence-electron chi connectivity index (χ1n) is 8.50. The van der Waals surface area contributed by atoms with Gasteiger partial charge < -0.3 is 5.11 Å². The number of benzene rings is 1. The van der Waals surface area contributed by atoms with Gasteiger partial charge in [0.15, 0.2) is 0 Å². The van der Waals surface area contributed by atoms with E-state index in [1.807, 2.05) is 12.1 Å². The lowest BCUT2D eigenvalue weighted by atomic mass is 9.93. The molecule has 0 spiro atoms. The number of piperidine rings is 1. The fourth-order valence-electron chi connectivity index (χ4n) is 3.39. The van der Waals surface area contributed by atoms with Gasteiger partial charge in [0.1, 0.15) is 11.6 Å². The van der Waals surface area contributed by atoms with Crippen LogP contribution in [-0.2, 0) is 11.2 Å². The number of hydrogen-bond acceptors (Lipinski definition) is 3. The minimum Gasteiger partial charge on any atom is -0.481 e. The van der Waals surface area contributed by atoms with Crippen LogP contribution in [0, 0.1) is 17.6 Å². The number of hydrogen-bond donors (Lipinski definition) is 1. The monoisotopic (exact) mass is 365 g/mol. The Morgan fingerprint density at radius 3 is 2.56 bits per heavy atom. The number of aliphatic carboxylic acids is 1. The van der Waals surface area contributed by atoms with Crippen molar-refractivity contribution in [1.29, 1.82) is 0 Å². The van der Waals surface area contributed by atoms with Crippen molar-refractivity contribution >= 4 is 17.3 Å². The molecule has 1 N–H and O–H groups in total. The highest BCUT2D eigenvalue weighted by atomic mass is 32.1. The van der Waals surface area contributed by atoms with Crippen LogP contribution in [0.3, 0.4) is 0 Å². The van der Waals surface area contributed by atoms with Crippen LogP contribution in [0.15, 0.2) is 30.3 Å². The number of halogens is 2. The van der Waals surface area contributed by atoms with Gasteiger partial charge in [-0.15, -0.1) is 11.3 Å². The van der Waals surface area contributed by atoms with Crippen LogP contribution in [0.5, 0.6) is 0 Å². The molecule has 0 aliphatic carbocycles. The molecular weight excluding hydrogens is 344 g/mol. The van der Waals surface area contributed by atoms with Crippen molar-refractivity contribution in [1.82, 2.24) is 4.90 Å². The largest absolute Gasteiger partial charge is 0.481 e. The summed E-state index contributed by atoms with van der Waals surface area (Å²) < 4.78 is 27.8. The molecule has 0 amide bonds. The average Bonchev–Trinajstić information content (AvgIpc) is 3.06. The van der Waals surface area contributed by atoms with Gasteiger partial charge in [-0.05, 0) is 50.6 Å². The number of rotatable bonds is 5. The molecule has 1 fully saturated rings. The zero-order valence-electron chi connectivity index (χ0n) is 14.0. The molecule has 1 aromatic carbocycles. The van der Waals surface area contributed by atoms with Gasteiger partial charge in [0.05, 0.1) is 12.0 Å². The maximum atomic E-state index is 14.5. The van der Waals surface area contributed by atoms with E-state index in [1.54, 1.807) is 11.3 Å². The minimum absolute atomic E-state index is 0.305. The highest BCUT2D eigenvalue weighted by Gasteiger charge is 2.32. The Bertz CT molecular complexity index is 754. The molecule has 1 atom stereocenters. The van der Waals surface area contributed by atoms with Gasteiger partial charge in [-0.1, -0.05) is 13.0 Å². The van der Waals surface area contributed by atoms with E-state index in [4.69, 9.17) is 0 Å². The number of carboxylic acid groups (broad SMARTS) is 1. The normalized spacial score (nSPS) is 17.6. The standard InChI is InChI=1S/C19H21F2NO2S/c1-2-14-4-6-17(25-14)18(15-5-3-13(20)11-16(15)21)22-9-7-12(8-10-22)19(23)24/h3-6,11-12,18H,2,7-10H2,1H3,(H,23,24). The molecule has 1 unspecified atom stereocenters. The van der Waals surface area contributed by atoms with E-state index >= 15 is 0 Å². The molecule has 1 aliphatic rings. The van der Waals surface area contributed by atoms with E-state index < -0.39 is 17.6 Å². The number of likely N-dealkylation sites (tertiary alicyclic amines) is 1. The molecule has 3 nitrogen and oxygen atoms in total. The highest BCUT2D eigenvalue weighted by molar-refractivity contribution is 7.12. The van der Waals surface area contributed by atoms with Gasteiger partial charge in [-0.2, -0.15) is 0 Å². The zero-order valence-corrected chi connectivity index (χ0v) is 14.9. The summed E-state index contributed by atoms with van der Waals surface area (Å²) >= 11 is 1.63. The number of carbonyl (C=O) groups is 1. The summed E-state index contributed by atoms with van der Waals surface area (Å²) in [6.45, 7) is 3.23. The van der Waals surface area contributed by atoms with E-state index in [-0.39, 0.29) is 12.0 Å². The SMILES string of the molecule is CCc1ccc(C(c2ccc(F)cc2F)N2CCC(C(=O)O)CC2)s1. The first-order valence-corrected chi connectivity index (χ1v) is 9.31. The lowest BCUT2D eigenvalue weighted by Gasteiger charge is -2.36. The average molecular weight is 365 g/mol. The van der Waals surface area contributed by atoms with E-state index in [1.165, 1.54) is 17.0 Å². The third kappa shape index (κ3) is 3.90. The Balaban J connectivity index is 1.93. The topological polar surface area (TPSA) is 40.5 Å². The van der Waals surface area contributed by atoms with Crippen molar-refractivity contribution in [2.45, 2.75) is 32.2 Å². The van der Waals surface area contributed by atoms with Gasteiger partial charge >= 0.3 is 5.97 Å². The quantitative estimate of drug-likeness (QED) is 0.850. The van der Waals surface area contributed by atoms with Crippen molar-refractivity contribution in [3.8, 4) is 0 Å². The van der Waals surface area contributed by atoms with Crippen LogP contribution in [0.4, 0.5) is 8.78 Å². The second-order valence-electron chi connectivity index (χ2n) is 6.37. The lowest BCUT2D eigenvalue weighted by molar-refractivity contribution is -0.143. The van der Waals surface area contributed by atoms with E-state index in [9.17, 15) is 18.7 Å². The van der Waals surface area contributed by atoms with Crippen LogP contribution >= 0.6 is 11.3 Å². The van der Waals surface area contributed by atoms with Crippen molar-refractivity contribution in [2.75, 3.05) is 13.1 Å². The molecule has 25 heavy (non-hydrogen) atoms. The van der Waals surface area contributed by atoms with Crippen LogP contribution in [0.1, 0.15) is 41.1 Å². The molecule has 2 aromatic rings. The van der Waals surface area contributed by atoms with Gasteiger partial charge in [-0.25, -0.2) is 8.78 Å². The maximum Gasteiger partial charge on any atom is 0.306 e. The van der Waals surface area contributed by atoms with E-state index in [0.29, 0.717) is 31.5 Å². The fourth-order valence-corrected chi connectivity index (χ4v) is 4.50. The molecule has 134 valence electrons. The predicted molar refractivity (Wildman–Crippen MR) is 93.8 cm³/mol. The molecule has 6 heteroatoms. The Hall–Kier alpha value is -1.79. The second-order valence-corrected chi connectivity index (χ2v) is 7.57. The minimum atomic E-state index is -0.770. The van der Waals surface area contributed by atoms with Crippen molar-refractivity contribution in [3.05, 3.63) is 57.3 Å². The third-order valence-corrected chi connectivity index (χ3v) is 6.08. The van der Waals surface area contributed by atoms with Crippen molar-refractivity contribution in [2.24, 2.45) is 5.92 Å². The summed E-state index contributed by atoms with van der Waals surface area (Å²) in [4.78, 5) is 15.5. The lowest BCUT2D eigenvalue weighted by Crippen LogP contribution is -2.39. The Labute approximate surface area is 149 Å². The van der Waals surface area contributed by atoms with Gasteiger partial charge in [0.25, 0.3) is 0 Å². The molecule has 1 aromatic heterocycles. The predicted octanol–water partition coefficient (Wildman–Crippen LogP) is 4.47. The molecule has 0 bridgehead atoms. The first kappa shape index (κ1) is 18.0. The van der Waals surface area contributed by atoms with E-state index in [2.05, 4.69) is 11.8 Å². The smallest absolute Gasteiger partial charge is 0.306 e. The number of carboxylic acids is 1. The van der Waals surface area contributed by atoms with Gasteiger partial charge in [-0.3, -0.25) is 9.69 Å². The third-order valence-electron chi connectivity index (χ3n) is 4.80. The first-order chi connectivity index (χ1) is 12.0. The van der Waals surface area contributed by atoms with Gasteiger partial charge in [0.2, 0.25) is 0 Å². The van der Waals surface area contributed by atoms with Crippen LogP contribution in [0.25, 0.3) is 0 Å². The van der Waals surface area contributed by atoms with Gasteiger partial charge in [0, 0.05) is 21.4 Å². The Kier molecular flexibility index (Phi) is 5.49. The van der Waals surface area contributed by atoms with Crippen LogP contribution in [0.2, 0.25) is 0 Å². The second kappa shape index (κ2) is 7.62. The summed E-state index contributed by atoms with van der Waals surface area (Å²) in [6.07, 6.45) is 1.99. The summed E-state index contributed by atoms with van der Waals surface area (Å²) in [6, 6.07) is 7.44. The number of nitrogens with zero attached hydrogens (tertiary/aromatic N) is 1. The summed E-state index contributed by atoms with van der Waals surface area (Å²) in [7, 11) is 0. The molecular formula is C19H21F2NO2S. The van der Waals surface area contributed by atoms with Crippen LogP contribution in [-0.4, -0.2) is 29.1 Å². The summed E-state index contributed by atoms with van der Waals surface area (Å²) in [5.74, 6) is -2.26. The van der Waals surface area contributed by atoms with E-state index in [0.717, 1.165) is 17.4 Å². The molecule has 0 radical (unpaired) electrons. The van der Waals surface area contributed by atoms with Crippen molar-refractivity contribution < 1.29 is 18.7 Å². The molecule has 3 rings (SSSR count). The molecule has 0 saturated carbocycles. The number of thiophene rings is 1. The maximum absolute atomic E-state index is 14.5. The fraction of sp³-hybridized carbons (Fsp3) is 0.421. The molecule has 1 aliphatic heterocycles. The van der Waals surface area contributed by atoms with Crippen LogP contribution < -0.4 is 0 Å². The van der Waals surface area contributed by atoms with Crippen molar-refractivity contribution in [3.63, 3.8) is 0 Å². The number of aryl methyl sites for hydroxylation is 1. The molecule has 1 saturated heterocycles.